The lowest BCUT2D eigenvalue weighted by Crippen LogP contribution is -2.38. The van der Waals surface area contributed by atoms with Crippen LogP contribution in [0.1, 0.15) is 30.4 Å². The fraction of sp³-hybridized carbons (Fsp3) is 0.364. The predicted molar refractivity (Wildman–Crippen MR) is 103 cm³/mol. The van der Waals surface area contributed by atoms with Crippen molar-refractivity contribution in [2.45, 2.75) is 31.9 Å². The third kappa shape index (κ3) is 3.77. The molecule has 0 radical (unpaired) electrons. The van der Waals surface area contributed by atoms with Crippen molar-refractivity contribution < 1.29 is 23.5 Å². The smallest absolute Gasteiger partial charge is 0.231 e. The van der Waals surface area contributed by atoms with Gasteiger partial charge in [-0.25, -0.2) is 4.39 Å². The SMILES string of the molecule is O=C(C1CC1)N(Cc1ccccc1F)C[C@@H]1CC(c2ccc3c(c2)OCO3)=NO1. The van der Waals surface area contributed by atoms with Gasteiger partial charge in [0, 0.05) is 30.0 Å². The van der Waals surface area contributed by atoms with Gasteiger partial charge in [0.1, 0.15) is 5.82 Å². The van der Waals surface area contributed by atoms with Gasteiger partial charge >= 0.3 is 0 Å². The topological polar surface area (TPSA) is 60.4 Å². The van der Waals surface area contributed by atoms with E-state index in [0.717, 1.165) is 29.9 Å². The van der Waals surface area contributed by atoms with Crippen LogP contribution in [0.15, 0.2) is 47.6 Å². The van der Waals surface area contributed by atoms with Crippen molar-refractivity contribution in [3.63, 3.8) is 0 Å². The van der Waals surface area contributed by atoms with Crippen LogP contribution in [0.3, 0.4) is 0 Å². The van der Waals surface area contributed by atoms with Crippen LogP contribution in [0.4, 0.5) is 4.39 Å². The minimum atomic E-state index is -0.300. The van der Waals surface area contributed by atoms with E-state index in [0.29, 0.717) is 24.3 Å². The second-order valence-corrected chi connectivity index (χ2v) is 7.62. The summed E-state index contributed by atoms with van der Waals surface area (Å²) >= 11 is 0. The molecule has 0 saturated heterocycles. The number of oxime groups is 1. The summed E-state index contributed by atoms with van der Waals surface area (Å²) in [6, 6.07) is 12.2. The number of hydrogen-bond acceptors (Lipinski definition) is 5. The highest BCUT2D eigenvalue weighted by Crippen LogP contribution is 2.34. The molecule has 29 heavy (non-hydrogen) atoms. The summed E-state index contributed by atoms with van der Waals surface area (Å²) in [5.74, 6) is 1.23. The van der Waals surface area contributed by atoms with E-state index in [1.165, 1.54) is 6.07 Å². The first-order chi connectivity index (χ1) is 14.2. The molecule has 2 aromatic carbocycles. The first-order valence-electron chi connectivity index (χ1n) is 9.82. The van der Waals surface area contributed by atoms with Crippen LogP contribution in [0.25, 0.3) is 0 Å². The Morgan fingerprint density at radius 3 is 2.79 bits per heavy atom. The highest BCUT2D eigenvalue weighted by Gasteiger charge is 2.36. The van der Waals surface area contributed by atoms with Crippen molar-refractivity contribution in [3.8, 4) is 11.5 Å². The number of halogens is 1. The number of carbonyl (C=O) groups is 1. The lowest BCUT2D eigenvalue weighted by molar-refractivity contribution is -0.135. The molecule has 6 nitrogen and oxygen atoms in total. The molecule has 1 fully saturated rings. The maximum atomic E-state index is 14.1. The molecule has 150 valence electrons. The molecule has 0 unspecified atom stereocenters. The standard InChI is InChI=1S/C22H21FN2O4/c23-18-4-2-1-3-16(18)11-25(22(26)14-5-6-14)12-17-10-19(24-29-17)15-7-8-20-21(9-15)28-13-27-20/h1-4,7-9,14,17H,5-6,10-13H2/t17-/m0/s1. The molecule has 0 aromatic heterocycles. The van der Waals surface area contributed by atoms with Gasteiger partial charge in [-0.3, -0.25) is 4.79 Å². The molecule has 5 rings (SSSR count). The third-order valence-electron chi connectivity index (χ3n) is 5.42. The molecule has 0 bridgehead atoms. The van der Waals surface area contributed by atoms with E-state index in [1.54, 1.807) is 23.1 Å². The van der Waals surface area contributed by atoms with E-state index < -0.39 is 0 Å². The molecule has 0 N–H and O–H groups in total. The molecule has 2 heterocycles. The summed E-state index contributed by atoms with van der Waals surface area (Å²) in [5.41, 5.74) is 2.22. The average Bonchev–Trinajstić information content (AvgIpc) is 3.29. The monoisotopic (exact) mass is 396 g/mol. The summed E-state index contributed by atoms with van der Waals surface area (Å²) in [4.78, 5) is 20.1. The molecular formula is C22H21FN2O4. The maximum Gasteiger partial charge on any atom is 0.231 e. The highest BCUT2D eigenvalue weighted by molar-refractivity contribution is 6.01. The van der Waals surface area contributed by atoms with Gasteiger partial charge in [-0.1, -0.05) is 23.4 Å². The minimum absolute atomic E-state index is 0.0532. The Hall–Kier alpha value is -3.09. The van der Waals surface area contributed by atoms with Crippen LogP contribution in [0, 0.1) is 11.7 Å². The zero-order chi connectivity index (χ0) is 19.8. The zero-order valence-corrected chi connectivity index (χ0v) is 15.8. The third-order valence-corrected chi connectivity index (χ3v) is 5.42. The zero-order valence-electron chi connectivity index (χ0n) is 15.8. The highest BCUT2D eigenvalue weighted by atomic mass is 19.1. The number of hydrogen-bond donors (Lipinski definition) is 0. The maximum absolute atomic E-state index is 14.1. The quantitative estimate of drug-likeness (QED) is 0.750. The van der Waals surface area contributed by atoms with Crippen molar-refractivity contribution in [1.29, 1.82) is 0 Å². The van der Waals surface area contributed by atoms with Gasteiger partial charge in [-0.2, -0.15) is 0 Å². The molecular weight excluding hydrogens is 375 g/mol. The Morgan fingerprint density at radius 2 is 1.97 bits per heavy atom. The van der Waals surface area contributed by atoms with Gasteiger partial charge in [-0.15, -0.1) is 0 Å². The Balaban J connectivity index is 1.27. The minimum Gasteiger partial charge on any atom is -0.454 e. The number of ether oxygens (including phenoxy) is 2. The van der Waals surface area contributed by atoms with Crippen molar-refractivity contribution in [3.05, 3.63) is 59.4 Å². The van der Waals surface area contributed by atoms with Gasteiger partial charge in [0.05, 0.1) is 12.3 Å². The second kappa shape index (κ2) is 7.39. The van der Waals surface area contributed by atoms with Crippen molar-refractivity contribution in [2.24, 2.45) is 11.1 Å². The van der Waals surface area contributed by atoms with Crippen LogP contribution < -0.4 is 9.47 Å². The van der Waals surface area contributed by atoms with Crippen LogP contribution >= 0.6 is 0 Å². The average molecular weight is 396 g/mol. The lowest BCUT2D eigenvalue weighted by Gasteiger charge is -2.25. The van der Waals surface area contributed by atoms with Crippen LogP contribution in [0.5, 0.6) is 11.5 Å². The van der Waals surface area contributed by atoms with Gasteiger partial charge < -0.3 is 19.2 Å². The van der Waals surface area contributed by atoms with Crippen molar-refractivity contribution in [1.82, 2.24) is 4.90 Å². The molecule has 0 spiro atoms. The van der Waals surface area contributed by atoms with Crippen LogP contribution in [-0.4, -0.2) is 36.0 Å². The summed E-state index contributed by atoms with van der Waals surface area (Å²) in [5, 5.41) is 4.22. The number of fused-ring (bicyclic) bond motifs is 1. The summed E-state index contributed by atoms with van der Waals surface area (Å²) < 4.78 is 24.9. The van der Waals surface area contributed by atoms with Crippen LogP contribution in [0.2, 0.25) is 0 Å². The van der Waals surface area contributed by atoms with Crippen molar-refractivity contribution in [2.75, 3.05) is 13.3 Å². The van der Waals surface area contributed by atoms with Crippen molar-refractivity contribution >= 4 is 11.6 Å². The number of rotatable bonds is 6. The molecule has 3 aliphatic rings. The first kappa shape index (κ1) is 18.0. The number of carbonyl (C=O) groups excluding carboxylic acids is 1. The van der Waals surface area contributed by atoms with E-state index in [1.807, 2.05) is 18.2 Å². The molecule has 1 atom stereocenters. The van der Waals surface area contributed by atoms with E-state index in [9.17, 15) is 9.18 Å². The normalized spacial score (nSPS) is 19.6. The summed E-state index contributed by atoms with van der Waals surface area (Å²) in [7, 11) is 0. The molecule has 2 aliphatic heterocycles. The molecule has 1 saturated carbocycles. The van der Waals surface area contributed by atoms with E-state index in [4.69, 9.17) is 14.3 Å². The first-order valence-corrected chi connectivity index (χ1v) is 9.82. The van der Waals surface area contributed by atoms with Gasteiger partial charge in [0.2, 0.25) is 12.7 Å². The largest absolute Gasteiger partial charge is 0.454 e. The fourth-order valence-corrected chi connectivity index (χ4v) is 3.67. The van der Waals surface area contributed by atoms with Gasteiger partial charge in [0.15, 0.2) is 17.6 Å². The molecule has 2 aromatic rings. The summed E-state index contributed by atoms with van der Waals surface area (Å²) in [6.07, 6.45) is 2.12. The Bertz CT molecular complexity index is 973. The number of benzene rings is 2. The van der Waals surface area contributed by atoms with Gasteiger partial charge in [0.25, 0.3) is 0 Å². The molecule has 1 amide bonds. The Kier molecular flexibility index (Phi) is 4.58. The second-order valence-electron chi connectivity index (χ2n) is 7.62. The predicted octanol–water partition coefficient (Wildman–Crippen LogP) is 3.49. The lowest BCUT2D eigenvalue weighted by atomic mass is 10.0. The van der Waals surface area contributed by atoms with Gasteiger partial charge in [-0.05, 0) is 37.1 Å². The number of nitrogens with zero attached hydrogens (tertiary/aromatic N) is 2. The summed E-state index contributed by atoms with van der Waals surface area (Å²) in [6.45, 7) is 0.834. The fourth-order valence-electron chi connectivity index (χ4n) is 3.67. The molecule has 7 heteroatoms. The molecule has 1 aliphatic carbocycles. The van der Waals surface area contributed by atoms with E-state index >= 15 is 0 Å². The van der Waals surface area contributed by atoms with Crippen LogP contribution in [-0.2, 0) is 16.2 Å². The Labute approximate surface area is 167 Å². The van der Waals surface area contributed by atoms with E-state index in [2.05, 4.69) is 5.16 Å². The number of amides is 1. The van der Waals surface area contributed by atoms with E-state index in [-0.39, 0.29) is 37.1 Å². The Morgan fingerprint density at radius 1 is 1.14 bits per heavy atom.